The average Bonchev–Trinajstić information content (AvgIpc) is 3.07. The molecule has 0 saturated heterocycles. The fourth-order valence-corrected chi connectivity index (χ4v) is 3.27. The van der Waals surface area contributed by atoms with E-state index >= 15 is 0 Å². The fraction of sp³-hybridized carbons (Fsp3) is 0.143. The smallest absolute Gasteiger partial charge is 0.278 e. The lowest BCUT2D eigenvalue weighted by molar-refractivity contribution is 0.102. The van der Waals surface area contributed by atoms with Crippen LogP contribution in [-0.2, 0) is 0 Å². The van der Waals surface area contributed by atoms with Gasteiger partial charge in [-0.15, -0.1) is 10.2 Å². The van der Waals surface area contributed by atoms with Gasteiger partial charge in [0.2, 0.25) is 0 Å². The summed E-state index contributed by atoms with van der Waals surface area (Å²) in [6, 6.07) is 14.5. The highest BCUT2D eigenvalue weighted by molar-refractivity contribution is 6.30. The number of aromatic nitrogens is 4. The molecular weight excluding hydrogens is 390 g/mol. The van der Waals surface area contributed by atoms with Crippen molar-refractivity contribution in [3.63, 3.8) is 0 Å². The molecule has 0 radical (unpaired) electrons. The number of benzene rings is 2. The molecule has 0 aliphatic carbocycles. The molecule has 0 spiro atoms. The van der Waals surface area contributed by atoms with Crippen molar-refractivity contribution in [2.75, 3.05) is 12.4 Å². The summed E-state index contributed by atoms with van der Waals surface area (Å²) >= 11 is 5.89. The summed E-state index contributed by atoms with van der Waals surface area (Å²) in [4.78, 5) is 12.7. The largest absolute Gasteiger partial charge is 0.497 e. The maximum absolute atomic E-state index is 12.7. The predicted octanol–water partition coefficient (Wildman–Crippen LogP) is 4.32. The monoisotopic (exact) mass is 407 g/mol. The van der Waals surface area contributed by atoms with Gasteiger partial charge in [-0.3, -0.25) is 4.79 Å². The van der Waals surface area contributed by atoms with Gasteiger partial charge in [-0.1, -0.05) is 23.7 Å². The molecule has 2 aromatic heterocycles. The first kappa shape index (κ1) is 18.9. The van der Waals surface area contributed by atoms with E-state index in [4.69, 9.17) is 16.3 Å². The lowest BCUT2D eigenvalue weighted by Crippen LogP contribution is -2.18. The number of rotatable bonds is 4. The van der Waals surface area contributed by atoms with Gasteiger partial charge in [-0.05, 0) is 55.8 Å². The van der Waals surface area contributed by atoms with E-state index in [1.54, 1.807) is 42.8 Å². The highest BCUT2D eigenvalue weighted by Crippen LogP contribution is 2.29. The van der Waals surface area contributed by atoms with Crippen molar-refractivity contribution in [2.45, 2.75) is 13.8 Å². The van der Waals surface area contributed by atoms with Gasteiger partial charge in [0, 0.05) is 10.7 Å². The number of anilines is 1. The molecular formula is C21H18ClN5O2. The second-order valence-corrected chi connectivity index (χ2v) is 6.96. The second-order valence-electron chi connectivity index (χ2n) is 6.52. The molecule has 0 atom stereocenters. The minimum absolute atomic E-state index is 0.205. The highest BCUT2D eigenvalue weighted by Gasteiger charge is 2.20. The number of ether oxygens (including phenoxy) is 1. The minimum Gasteiger partial charge on any atom is -0.497 e. The Balaban J connectivity index is 1.72. The molecule has 146 valence electrons. The Hall–Kier alpha value is -3.45. The van der Waals surface area contributed by atoms with Crippen molar-refractivity contribution in [3.8, 4) is 16.9 Å². The molecule has 2 heterocycles. The zero-order valence-corrected chi connectivity index (χ0v) is 16.9. The molecule has 4 aromatic rings. The van der Waals surface area contributed by atoms with E-state index in [2.05, 4.69) is 20.6 Å². The zero-order chi connectivity index (χ0) is 20.5. The van der Waals surface area contributed by atoms with Crippen LogP contribution in [0.2, 0.25) is 5.02 Å². The number of fused-ring (bicyclic) bond motifs is 1. The van der Waals surface area contributed by atoms with Crippen LogP contribution in [0, 0.1) is 13.8 Å². The van der Waals surface area contributed by atoms with Crippen LogP contribution in [0.15, 0.2) is 48.5 Å². The van der Waals surface area contributed by atoms with E-state index in [1.807, 2.05) is 31.2 Å². The third-order valence-electron chi connectivity index (χ3n) is 4.64. The lowest BCUT2D eigenvalue weighted by atomic mass is 10.1. The van der Waals surface area contributed by atoms with E-state index in [1.165, 1.54) is 0 Å². The normalized spacial score (nSPS) is 10.9. The standard InChI is InChI=1S/C21H18ClN5O2/c1-12-18(14-4-10-17(29-3)11-5-14)20-25-24-19(13(2)27(20)26-12)21(28)23-16-8-6-15(22)7-9-16/h4-11H,1-3H3,(H,23,28). The summed E-state index contributed by atoms with van der Waals surface area (Å²) in [6.45, 7) is 3.70. The Morgan fingerprint density at radius 3 is 2.38 bits per heavy atom. The van der Waals surface area contributed by atoms with E-state index in [0.29, 0.717) is 22.1 Å². The van der Waals surface area contributed by atoms with E-state index in [0.717, 1.165) is 22.6 Å². The maximum Gasteiger partial charge on any atom is 0.278 e. The predicted molar refractivity (Wildman–Crippen MR) is 112 cm³/mol. The van der Waals surface area contributed by atoms with Gasteiger partial charge in [-0.25, -0.2) is 4.52 Å². The maximum atomic E-state index is 12.7. The number of hydrogen-bond donors (Lipinski definition) is 1. The van der Waals surface area contributed by atoms with Crippen molar-refractivity contribution in [2.24, 2.45) is 0 Å². The van der Waals surface area contributed by atoms with Crippen molar-refractivity contribution >= 4 is 28.8 Å². The second kappa shape index (κ2) is 7.52. The van der Waals surface area contributed by atoms with Crippen LogP contribution in [0.5, 0.6) is 5.75 Å². The Labute approximate surface area is 172 Å². The average molecular weight is 408 g/mol. The molecule has 0 aliphatic rings. The molecule has 8 heteroatoms. The molecule has 1 N–H and O–H groups in total. The van der Waals surface area contributed by atoms with Crippen LogP contribution in [-0.4, -0.2) is 32.8 Å². The summed E-state index contributed by atoms with van der Waals surface area (Å²) < 4.78 is 6.87. The van der Waals surface area contributed by atoms with Gasteiger partial charge in [0.05, 0.1) is 24.1 Å². The first-order valence-corrected chi connectivity index (χ1v) is 9.29. The molecule has 2 aromatic carbocycles. The van der Waals surface area contributed by atoms with Gasteiger partial charge in [0.25, 0.3) is 5.91 Å². The van der Waals surface area contributed by atoms with Gasteiger partial charge in [-0.2, -0.15) is 5.10 Å². The van der Waals surface area contributed by atoms with Crippen molar-refractivity contribution < 1.29 is 9.53 Å². The van der Waals surface area contributed by atoms with Gasteiger partial charge < -0.3 is 10.1 Å². The van der Waals surface area contributed by atoms with Crippen LogP contribution in [0.1, 0.15) is 21.9 Å². The molecule has 29 heavy (non-hydrogen) atoms. The zero-order valence-electron chi connectivity index (χ0n) is 16.1. The molecule has 1 amide bonds. The van der Waals surface area contributed by atoms with Crippen LogP contribution in [0.4, 0.5) is 5.69 Å². The Kier molecular flexibility index (Phi) is 4.90. The number of aryl methyl sites for hydroxylation is 2. The van der Waals surface area contributed by atoms with Crippen LogP contribution in [0.3, 0.4) is 0 Å². The van der Waals surface area contributed by atoms with Crippen LogP contribution >= 0.6 is 11.6 Å². The van der Waals surface area contributed by atoms with Gasteiger partial charge >= 0.3 is 0 Å². The quantitative estimate of drug-likeness (QED) is 0.544. The highest BCUT2D eigenvalue weighted by atomic mass is 35.5. The number of nitrogens with zero attached hydrogens (tertiary/aromatic N) is 4. The van der Waals surface area contributed by atoms with Crippen molar-refractivity contribution in [1.29, 1.82) is 0 Å². The van der Waals surface area contributed by atoms with E-state index < -0.39 is 0 Å². The van der Waals surface area contributed by atoms with E-state index in [-0.39, 0.29) is 11.6 Å². The molecule has 0 fully saturated rings. The summed E-state index contributed by atoms with van der Waals surface area (Å²) in [7, 11) is 1.63. The molecule has 4 rings (SSSR count). The summed E-state index contributed by atoms with van der Waals surface area (Å²) in [6.07, 6.45) is 0. The van der Waals surface area contributed by atoms with Gasteiger partial charge in [0.15, 0.2) is 11.3 Å². The Morgan fingerprint density at radius 1 is 1.03 bits per heavy atom. The Bertz CT molecular complexity index is 1200. The minimum atomic E-state index is -0.363. The molecule has 0 bridgehead atoms. The van der Waals surface area contributed by atoms with Crippen molar-refractivity contribution in [1.82, 2.24) is 19.8 Å². The summed E-state index contributed by atoms with van der Waals surface area (Å²) in [5, 5.41) is 16.5. The van der Waals surface area contributed by atoms with Crippen LogP contribution < -0.4 is 10.1 Å². The van der Waals surface area contributed by atoms with Gasteiger partial charge in [0.1, 0.15) is 5.75 Å². The van der Waals surface area contributed by atoms with Crippen molar-refractivity contribution in [3.05, 3.63) is 70.6 Å². The molecule has 0 unspecified atom stereocenters. The SMILES string of the molecule is COc1ccc(-c2c(C)nn3c(C)c(C(=O)Nc4ccc(Cl)cc4)nnc23)cc1. The number of methoxy groups -OCH3 is 1. The number of nitrogens with one attached hydrogen (secondary N) is 1. The topological polar surface area (TPSA) is 81.4 Å². The van der Waals surface area contributed by atoms with Crippen LogP contribution in [0.25, 0.3) is 16.8 Å². The number of carbonyl (C=O) groups excluding carboxylic acids is 1. The third-order valence-corrected chi connectivity index (χ3v) is 4.89. The number of hydrogen-bond acceptors (Lipinski definition) is 5. The third kappa shape index (κ3) is 3.52. The van der Waals surface area contributed by atoms with E-state index in [9.17, 15) is 4.79 Å². The first-order chi connectivity index (χ1) is 14.0. The Morgan fingerprint density at radius 2 is 1.72 bits per heavy atom. The molecule has 0 saturated carbocycles. The summed E-state index contributed by atoms with van der Waals surface area (Å²) in [5.41, 5.74) is 4.63. The molecule has 7 nitrogen and oxygen atoms in total. The number of carbonyl (C=O) groups is 1. The number of amides is 1. The summed E-state index contributed by atoms with van der Waals surface area (Å²) in [5.74, 6) is 0.407. The number of halogens is 1. The first-order valence-electron chi connectivity index (χ1n) is 8.92. The fourth-order valence-electron chi connectivity index (χ4n) is 3.14. The lowest BCUT2D eigenvalue weighted by Gasteiger charge is -2.08. The molecule has 0 aliphatic heterocycles.